The Bertz CT molecular complexity index is 840. The van der Waals surface area contributed by atoms with E-state index in [1.54, 1.807) is 0 Å². The van der Waals surface area contributed by atoms with Crippen molar-refractivity contribution in [3.05, 3.63) is 30.3 Å². The van der Waals surface area contributed by atoms with Gasteiger partial charge >= 0.3 is 200 Å². The zero-order valence-electron chi connectivity index (χ0n) is 20.5. The van der Waals surface area contributed by atoms with Crippen LogP contribution in [0.5, 0.6) is 0 Å². The van der Waals surface area contributed by atoms with Gasteiger partial charge in [-0.05, 0) is 0 Å². The molecule has 0 radical (unpaired) electrons. The van der Waals surface area contributed by atoms with Crippen molar-refractivity contribution in [1.29, 1.82) is 0 Å². The number of fused-ring (bicyclic) bond motifs is 5. The Balaban J connectivity index is 1.68. The SMILES string of the molecule is CC(=O)O[C@H]1CCC2(O[Si](C)(C)C(C)(C)C)OC1(C)C[C@H]1O[C@@H]2C[C@@H]1[Se]c1ccccc1. The van der Waals surface area contributed by atoms with Crippen molar-refractivity contribution in [2.45, 2.75) is 113 Å². The number of benzene rings is 1. The van der Waals surface area contributed by atoms with Crippen LogP contribution in [0.2, 0.25) is 22.9 Å². The summed E-state index contributed by atoms with van der Waals surface area (Å²) >= 11 is 0.303. The maximum absolute atomic E-state index is 11.9. The predicted molar refractivity (Wildman–Crippen MR) is 129 cm³/mol. The van der Waals surface area contributed by atoms with Gasteiger partial charge < -0.3 is 0 Å². The van der Waals surface area contributed by atoms with E-state index in [4.69, 9.17) is 18.6 Å². The normalized spacial score (nSPS) is 37.1. The average molecular weight is 526 g/mol. The molecule has 0 saturated carbocycles. The summed E-state index contributed by atoms with van der Waals surface area (Å²) in [5.74, 6) is -1.02. The van der Waals surface area contributed by atoms with Crippen LogP contribution in [-0.2, 0) is 23.4 Å². The fraction of sp³-hybridized carbons (Fsp3) is 0.720. The molecule has 178 valence electrons. The first-order valence-electron chi connectivity index (χ1n) is 11.8. The second-order valence-electron chi connectivity index (χ2n) is 11.3. The average Bonchev–Trinajstić information content (AvgIpc) is 3.02. The summed E-state index contributed by atoms with van der Waals surface area (Å²) in [7, 11) is -2.13. The van der Waals surface area contributed by atoms with Gasteiger partial charge in [-0.1, -0.05) is 0 Å². The van der Waals surface area contributed by atoms with Gasteiger partial charge in [0.15, 0.2) is 0 Å². The Morgan fingerprint density at radius 2 is 1.91 bits per heavy atom. The van der Waals surface area contributed by atoms with Crippen LogP contribution in [0.1, 0.15) is 60.3 Å². The van der Waals surface area contributed by atoms with E-state index in [-0.39, 0.29) is 29.3 Å². The molecule has 0 N–H and O–H groups in total. The van der Waals surface area contributed by atoms with E-state index in [1.807, 2.05) is 0 Å². The van der Waals surface area contributed by atoms with Crippen molar-refractivity contribution in [2.24, 2.45) is 0 Å². The molecule has 32 heavy (non-hydrogen) atoms. The first kappa shape index (κ1) is 24.4. The number of esters is 1. The maximum atomic E-state index is 11.9. The summed E-state index contributed by atoms with van der Waals surface area (Å²) < 4.78 is 27.9. The Kier molecular flexibility index (Phi) is 6.50. The van der Waals surface area contributed by atoms with E-state index in [9.17, 15) is 4.79 Å². The van der Waals surface area contributed by atoms with Gasteiger partial charge in [-0.25, -0.2) is 0 Å². The van der Waals surface area contributed by atoms with E-state index >= 15 is 0 Å². The van der Waals surface area contributed by atoms with Crippen LogP contribution < -0.4 is 4.46 Å². The third kappa shape index (κ3) is 4.62. The molecule has 0 aliphatic carbocycles. The molecule has 2 unspecified atom stereocenters. The van der Waals surface area contributed by atoms with Gasteiger partial charge in [0.25, 0.3) is 0 Å². The van der Waals surface area contributed by atoms with Crippen LogP contribution in [0.3, 0.4) is 0 Å². The van der Waals surface area contributed by atoms with Crippen molar-refractivity contribution >= 4 is 33.7 Å². The number of ether oxygens (including phenoxy) is 3. The van der Waals surface area contributed by atoms with Gasteiger partial charge in [-0.15, -0.1) is 0 Å². The Hall–Kier alpha value is -0.694. The molecule has 0 aromatic heterocycles. The second kappa shape index (κ2) is 8.51. The minimum atomic E-state index is -2.13. The molecule has 7 heteroatoms. The molecule has 6 atom stereocenters. The van der Waals surface area contributed by atoms with E-state index in [1.165, 1.54) is 11.4 Å². The van der Waals surface area contributed by atoms with Gasteiger partial charge in [-0.3, -0.25) is 0 Å². The summed E-state index contributed by atoms with van der Waals surface area (Å²) in [6.45, 7) is 14.9. The van der Waals surface area contributed by atoms with Crippen molar-refractivity contribution in [3.8, 4) is 0 Å². The van der Waals surface area contributed by atoms with Gasteiger partial charge in [0.05, 0.1) is 0 Å². The number of hydrogen-bond acceptors (Lipinski definition) is 5. The third-order valence-electron chi connectivity index (χ3n) is 7.71. The summed E-state index contributed by atoms with van der Waals surface area (Å²) in [6.07, 6.45) is 2.85. The topological polar surface area (TPSA) is 54.0 Å². The number of carbonyl (C=O) groups is 1. The van der Waals surface area contributed by atoms with E-state index in [0.29, 0.717) is 26.2 Å². The molecule has 1 aromatic carbocycles. The number of rotatable bonds is 5. The molecule has 1 aromatic rings. The van der Waals surface area contributed by atoms with Gasteiger partial charge in [0, 0.05) is 0 Å². The predicted octanol–water partition coefficient (Wildman–Crippen LogP) is 4.58. The molecule has 3 saturated heterocycles. The fourth-order valence-electron chi connectivity index (χ4n) is 5.03. The quantitative estimate of drug-likeness (QED) is 0.416. The monoisotopic (exact) mass is 526 g/mol. The third-order valence-corrected chi connectivity index (χ3v) is 15.0. The van der Waals surface area contributed by atoms with Gasteiger partial charge in [0.1, 0.15) is 0 Å². The molecule has 0 spiro atoms. The Morgan fingerprint density at radius 1 is 1.22 bits per heavy atom. The van der Waals surface area contributed by atoms with Crippen LogP contribution >= 0.6 is 0 Å². The minimum absolute atomic E-state index is 0.0614. The molecule has 3 heterocycles. The van der Waals surface area contributed by atoms with E-state index in [0.717, 1.165) is 19.3 Å². The summed E-state index contributed by atoms with van der Waals surface area (Å²) in [5, 5.41) is 0.0614. The molecule has 3 aliphatic heterocycles. The first-order chi connectivity index (χ1) is 14.8. The summed E-state index contributed by atoms with van der Waals surface area (Å²) in [5.41, 5.74) is -0.614. The van der Waals surface area contributed by atoms with Crippen LogP contribution in [0.15, 0.2) is 30.3 Å². The zero-order chi connectivity index (χ0) is 23.4. The van der Waals surface area contributed by atoms with Crippen molar-refractivity contribution in [1.82, 2.24) is 0 Å². The Labute approximate surface area is 200 Å². The van der Waals surface area contributed by atoms with Gasteiger partial charge in [-0.2, -0.15) is 0 Å². The van der Waals surface area contributed by atoms with Crippen LogP contribution in [0, 0.1) is 0 Å². The van der Waals surface area contributed by atoms with E-state index in [2.05, 4.69) is 71.1 Å². The first-order valence-corrected chi connectivity index (χ1v) is 16.5. The Morgan fingerprint density at radius 3 is 2.53 bits per heavy atom. The molecule has 4 bridgehead atoms. The molecular formula is C25H38O5SeSi. The van der Waals surface area contributed by atoms with Crippen LogP contribution in [-0.4, -0.2) is 58.9 Å². The molecular weight excluding hydrogens is 487 g/mol. The zero-order valence-corrected chi connectivity index (χ0v) is 23.2. The standard InChI is InChI=1S/C25H38O5SeSi/c1-17(26)27-21-13-14-25(30-32(6,7)23(2,3)4)22-15-20(31-18-11-9-8-10-12-18)19(28-22)16-24(21,5)29-25/h8-12,19-22H,13-16H2,1-7H3/t19-,20+,21+,22-,24?,25?/m1/s1. The molecule has 4 rings (SSSR count). The van der Waals surface area contributed by atoms with Crippen molar-refractivity contribution in [2.75, 3.05) is 0 Å². The fourth-order valence-corrected chi connectivity index (χ4v) is 9.09. The molecule has 3 aliphatic rings. The number of hydrogen-bond donors (Lipinski definition) is 0. The van der Waals surface area contributed by atoms with E-state index < -0.39 is 19.7 Å². The van der Waals surface area contributed by atoms with Crippen molar-refractivity contribution in [3.63, 3.8) is 0 Å². The van der Waals surface area contributed by atoms with Gasteiger partial charge in [0.2, 0.25) is 0 Å². The second-order valence-corrected chi connectivity index (χ2v) is 18.8. The molecule has 0 amide bonds. The van der Waals surface area contributed by atoms with Crippen molar-refractivity contribution < 1.29 is 23.4 Å². The molecule has 5 nitrogen and oxygen atoms in total. The van der Waals surface area contributed by atoms with Crippen LogP contribution in [0.25, 0.3) is 0 Å². The summed E-state index contributed by atoms with van der Waals surface area (Å²) in [6, 6.07) is 10.7. The summed E-state index contributed by atoms with van der Waals surface area (Å²) in [4.78, 5) is 12.3. The molecule has 3 fully saturated rings. The number of carbonyl (C=O) groups excluding carboxylic acids is 1. The van der Waals surface area contributed by atoms with Crippen LogP contribution in [0.4, 0.5) is 0 Å².